The third-order valence-corrected chi connectivity index (χ3v) is 5.68. The van der Waals surface area contributed by atoms with E-state index in [2.05, 4.69) is 20.4 Å². The van der Waals surface area contributed by atoms with Gasteiger partial charge in [-0.2, -0.15) is 4.98 Å². The molecular weight excluding hydrogens is 423 g/mol. The summed E-state index contributed by atoms with van der Waals surface area (Å²) in [5.41, 5.74) is 0.649. The predicted octanol–water partition coefficient (Wildman–Crippen LogP) is 0.295. The number of pyridine rings is 1. The lowest BCUT2D eigenvalue weighted by Gasteiger charge is -2.29. The maximum atomic E-state index is 13.9. The van der Waals surface area contributed by atoms with Gasteiger partial charge in [0.1, 0.15) is 11.7 Å². The highest BCUT2D eigenvalue weighted by Gasteiger charge is 2.48. The van der Waals surface area contributed by atoms with Gasteiger partial charge >= 0.3 is 0 Å². The molecule has 32 heavy (non-hydrogen) atoms. The minimum Gasteiger partial charge on any atom is -0.357 e. The molecule has 5 heterocycles. The quantitative estimate of drug-likeness (QED) is 0.665. The molecule has 1 N–H and O–H groups in total. The molecule has 0 spiro atoms. The lowest BCUT2D eigenvalue weighted by atomic mass is 10.0. The van der Waals surface area contributed by atoms with Crippen LogP contribution in [0, 0.1) is 5.82 Å². The highest BCUT2D eigenvalue weighted by Crippen LogP contribution is 2.34. The molecule has 3 aliphatic heterocycles. The van der Waals surface area contributed by atoms with Crippen molar-refractivity contribution in [3.8, 4) is 11.4 Å². The summed E-state index contributed by atoms with van der Waals surface area (Å²) in [4.78, 5) is 60.3. The number of nitrogens with zero attached hydrogens (tertiary/aromatic N) is 5. The minimum atomic E-state index is -1.02. The zero-order chi connectivity index (χ0) is 22.4. The molecule has 0 aromatic carbocycles. The van der Waals surface area contributed by atoms with Crippen molar-refractivity contribution in [3.63, 3.8) is 0 Å². The van der Waals surface area contributed by atoms with E-state index in [-0.39, 0.29) is 42.4 Å². The lowest BCUT2D eigenvalue weighted by molar-refractivity contribution is -0.150. The van der Waals surface area contributed by atoms with Gasteiger partial charge in [0.15, 0.2) is 5.82 Å². The fraction of sp³-hybridized carbons (Fsp3) is 0.350. The zero-order valence-corrected chi connectivity index (χ0v) is 16.7. The van der Waals surface area contributed by atoms with Gasteiger partial charge in [-0.3, -0.25) is 34.4 Å². The third kappa shape index (κ3) is 3.24. The highest BCUT2D eigenvalue weighted by molar-refractivity contribution is 6.21. The van der Waals surface area contributed by atoms with E-state index in [9.17, 15) is 23.6 Å². The largest absolute Gasteiger partial charge is 0.357 e. The van der Waals surface area contributed by atoms with Crippen molar-refractivity contribution in [3.05, 3.63) is 41.4 Å². The van der Waals surface area contributed by atoms with Crippen molar-refractivity contribution in [1.82, 2.24) is 30.2 Å². The van der Waals surface area contributed by atoms with Crippen molar-refractivity contribution in [2.24, 2.45) is 0 Å². The Labute approximate surface area is 180 Å². The second kappa shape index (κ2) is 7.62. The summed E-state index contributed by atoms with van der Waals surface area (Å²) < 4.78 is 19.2. The number of aromatic nitrogens is 3. The maximum Gasteiger partial charge on any atom is 0.278 e. The average Bonchev–Trinajstić information content (AvgIpc) is 3.32. The van der Waals surface area contributed by atoms with Gasteiger partial charge in [0.2, 0.25) is 23.5 Å². The Morgan fingerprint density at radius 1 is 1.19 bits per heavy atom. The van der Waals surface area contributed by atoms with E-state index >= 15 is 0 Å². The van der Waals surface area contributed by atoms with E-state index in [0.717, 1.165) is 11.1 Å². The summed E-state index contributed by atoms with van der Waals surface area (Å²) in [5, 5.41) is 5.97. The molecule has 0 aliphatic carbocycles. The zero-order valence-electron chi connectivity index (χ0n) is 16.7. The Morgan fingerprint density at radius 3 is 2.81 bits per heavy atom. The van der Waals surface area contributed by atoms with Gasteiger partial charge in [0.25, 0.3) is 11.8 Å². The second-order valence-electron chi connectivity index (χ2n) is 7.67. The smallest absolute Gasteiger partial charge is 0.278 e. The number of amides is 4. The number of rotatable bonds is 4. The first-order valence-electron chi connectivity index (χ1n) is 10.1. The number of nitrogens with one attached hydrogen (secondary N) is 1. The molecule has 2 aromatic rings. The van der Waals surface area contributed by atoms with Gasteiger partial charge in [0.05, 0.1) is 18.3 Å². The molecule has 0 saturated carbocycles. The van der Waals surface area contributed by atoms with Crippen molar-refractivity contribution < 1.29 is 28.1 Å². The first kappa shape index (κ1) is 20.0. The average molecular weight is 440 g/mol. The maximum absolute atomic E-state index is 13.9. The van der Waals surface area contributed by atoms with Crippen LogP contribution in [0.1, 0.15) is 31.6 Å². The Hall–Kier alpha value is -3.96. The molecule has 0 radical (unpaired) electrons. The van der Waals surface area contributed by atoms with Gasteiger partial charge in [-0.25, -0.2) is 4.39 Å². The summed E-state index contributed by atoms with van der Waals surface area (Å²) in [6, 6.07) is 0.396. The predicted molar refractivity (Wildman–Crippen MR) is 102 cm³/mol. The first-order valence-corrected chi connectivity index (χ1v) is 10.1. The van der Waals surface area contributed by atoms with E-state index < -0.39 is 35.5 Å². The molecule has 5 rings (SSSR count). The van der Waals surface area contributed by atoms with E-state index in [1.165, 1.54) is 12.3 Å². The molecule has 1 saturated heterocycles. The molecule has 3 aliphatic rings. The number of halogens is 1. The van der Waals surface area contributed by atoms with E-state index in [0.29, 0.717) is 25.0 Å². The van der Waals surface area contributed by atoms with Crippen LogP contribution < -0.4 is 5.32 Å². The monoisotopic (exact) mass is 440 g/mol. The first-order chi connectivity index (χ1) is 15.4. The second-order valence-corrected chi connectivity index (χ2v) is 7.67. The van der Waals surface area contributed by atoms with Crippen molar-refractivity contribution >= 4 is 23.6 Å². The number of piperidine rings is 1. The van der Waals surface area contributed by atoms with Crippen LogP contribution in [-0.4, -0.2) is 61.1 Å². The molecule has 0 bridgehead atoms. The number of carbonyl (C=O) groups excluding carboxylic acids is 4. The third-order valence-electron chi connectivity index (χ3n) is 5.68. The minimum absolute atomic E-state index is 0.0424. The fourth-order valence-corrected chi connectivity index (χ4v) is 4.21. The fourth-order valence-electron chi connectivity index (χ4n) is 4.21. The van der Waals surface area contributed by atoms with Gasteiger partial charge in [-0.05, 0) is 25.3 Å². The molecule has 1 fully saturated rings. The normalized spacial score (nSPS) is 21.3. The summed E-state index contributed by atoms with van der Waals surface area (Å²) >= 11 is 0. The SMILES string of the molecule is O=C1CCC(N2C(=O)C3=C(C2=O)N(Cc2nc(-c4ccncc4F)no2)CCC3)C(=O)N1. The van der Waals surface area contributed by atoms with Crippen LogP contribution in [0.25, 0.3) is 11.4 Å². The van der Waals surface area contributed by atoms with Crippen LogP contribution in [0.4, 0.5) is 4.39 Å². The van der Waals surface area contributed by atoms with Crippen molar-refractivity contribution in [2.75, 3.05) is 6.54 Å². The van der Waals surface area contributed by atoms with Crippen LogP contribution in [0.5, 0.6) is 0 Å². The van der Waals surface area contributed by atoms with Gasteiger partial charge in [0, 0.05) is 24.7 Å². The highest BCUT2D eigenvalue weighted by atomic mass is 19.1. The standard InChI is InChI=1S/C20H17FN6O5/c21-12-8-22-6-5-10(12)17-24-15(32-25-17)9-26-7-1-2-11-16(26)20(31)27(19(11)30)13-3-4-14(28)23-18(13)29/h5-6,8,13H,1-4,7,9H2,(H,23,28,29). The molecule has 1 atom stereocenters. The molecule has 1 unspecified atom stereocenters. The van der Waals surface area contributed by atoms with Gasteiger partial charge in [-0.1, -0.05) is 5.16 Å². The summed E-state index contributed by atoms with van der Waals surface area (Å²) in [6.45, 7) is 0.503. The van der Waals surface area contributed by atoms with Gasteiger partial charge < -0.3 is 9.42 Å². The Morgan fingerprint density at radius 2 is 2.03 bits per heavy atom. The van der Waals surface area contributed by atoms with Crippen LogP contribution in [0.15, 0.2) is 34.3 Å². The number of hydrogen-bond acceptors (Lipinski definition) is 9. The van der Waals surface area contributed by atoms with Crippen molar-refractivity contribution in [2.45, 2.75) is 38.3 Å². The van der Waals surface area contributed by atoms with E-state index in [1.54, 1.807) is 4.90 Å². The number of hydrogen-bond donors (Lipinski definition) is 1. The Bertz CT molecular complexity index is 1190. The Balaban J connectivity index is 1.38. The van der Waals surface area contributed by atoms with E-state index in [4.69, 9.17) is 4.52 Å². The molecule has 12 heteroatoms. The molecule has 2 aromatic heterocycles. The topological polar surface area (TPSA) is 139 Å². The molecule has 11 nitrogen and oxygen atoms in total. The summed E-state index contributed by atoms with van der Waals surface area (Å²) in [5.74, 6) is -2.60. The van der Waals surface area contributed by atoms with Crippen LogP contribution >= 0.6 is 0 Å². The van der Waals surface area contributed by atoms with Gasteiger partial charge in [-0.15, -0.1) is 0 Å². The molecular formula is C20H17FN6O5. The van der Waals surface area contributed by atoms with Crippen LogP contribution in [-0.2, 0) is 25.7 Å². The summed E-state index contributed by atoms with van der Waals surface area (Å²) in [6.07, 6.45) is 3.60. The lowest BCUT2D eigenvalue weighted by Crippen LogP contribution is -2.55. The summed E-state index contributed by atoms with van der Waals surface area (Å²) in [7, 11) is 0. The van der Waals surface area contributed by atoms with E-state index in [1.807, 2.05) is 0 Å². The number of imide groups is 2. The van der Waals surface area contributed by atoms with Crippen molar-refractivity contribution in [1.29, 1.82) is 0 Å². The van der Waals surface area contributed by atoms with Crippen LogP contribution in [0.3, 0.4) is 0 Å². The Kier molecular flexibility index (Phi) is 4.76. The molecule has 4 amide bonds. The number of carbonyl (C=O) groups is 4. The molecule has 164 valence electrons. The van der Waals surface area contributed by atoms with Crippen LogP contribution in [0.2, 0.25) is 0 Å².